The lowest BCUT2D eigenvalue weighted by Crippen LogP contribution is -2.28. The Bertz CT molecular complexity index is 391. The van der Waals surface area contributed by atoms with Gasteiger partial charge in [0.05, 0.1) is 11.8 Å². The first-order chi connectivity index (χ1) is 7.54. The third-order valence-corrected chi connectivity index (χ3v) is 2.96. The smallest absolute Gasteiger partial charge is 0.234 e. The van der Waals surface area contributed by atoms with Gasteiger partial charge in [-0.25, -0.2) is 0 Å². The average molecular weight is 305 g/mol. The van der Waals surface area contributed by atoms with Crippen LogP contribution in [0.4, 0.5) is 5.69 Å². The van der Waals surface area contributed by atoms with Crippen molar-refractivity contribution >= 4 is 44.9 Å². The van der Waals surface area contributed by atoms with Crippen LogP contribution in [-0.2, 0) is 9.59 Å². The van der Waals surface area contributed by atoms with E-state index in [2.05, 4.69) is 15.9 Å². The standard InChI is InChI=1S/C11H11BrClNO2/c1-14(11(16)6-10(15)7-12)9-4-2-8(13)3-5-9/h2-5H,6-7H2,1H3. The van der Waals surface area contributed by atoms with Crippen LogP contribution in [0.3, 0.4) is 0 Å². The molecule has 0 heterocycles. The first-order valence-corrected chi connectivity index (χ1v) is 6.14. The van der Waals surface area contributed by atoms with Crippen molar-refractivity contribution in [2.24, 2.45) is 0 Å². The van der Waals surface area contributed by atoms with Crippen LogP contribution in [0, 0.1) is 0 Å². The van der Waals surface area contributed by atoms with E-state index in [0.717, 1.165) is 5.69 Å². The van der Waals surface area contributed by atoms with Crippen LogP contribution < -0.4 is 4.90 Å². The zero-order valence-corrected chi connectivity index (χ0v) is 11.1. The Kier molecular flexibility index (Phi) is 4.96. The summed E-state index contributed by atoms with van der Waals surface area (Å²) >= 11 is 8.76. The summed E-state index contributed by atoms with van der Waals surface area (Å²) in [6.45, 7) is 0. The summed E-state index contributed by atoms with van der Waals surface area (Å²) in [7, 11) is 1.63. The summed E-state index contributed by atoms with van der Waals surface area (Å²) in [4.78, 5) is 24.2. The molecule has 1 aromatic carbocycles. The maximum Gasteiger partial charge on any atom is 0.234 e. The van der Waals surface area contributed by atoms with Gasteiger partial charge in [-0.05, 0) is 24.3 Å². The van der Waals surface area contributed by atoms with Crippen molar-refractivity contribution in [2.45, 2.75) is 6.42 Å². The molecule has 16 heavy (non-hydrogen) atoms. The van der Waals surface area contributed by atoms with Gasteiger partial charge in [0.2, 0.25) is 5.91 Å². The van der Waals surface area contributed by atoms with Gasteiger partial charge >= 0.3 is 0 Å². The van der Waals surface area contributed by atoms with Gasteiger partial charge in [0.1, 0.15) is 0 Å². The SMILES string of the molecule is CN(C(=O)CC(=O)CBr)c1ccc(Cl)cc1. The molecular weight excluding hydrogens is 293 g/mol. The van der Waals surface area contributed by atoms with Crippen molar-refractivity contribution < 1.29 is 9.59 Å². The van der Waals surface area contributed by atoms with Crippen molar-refractivity contribution in [3.8, 4) is 0 Å². The van der Waals surface area contributed by atoms with E-state index in [4.69, 9.17) is 11.6 Å². The van der Waals surface area contributed by atoms with Crippen molar-refractivity contribution in [2.75, 3.05) is 17.3 Å². The van der Waals surface area contributed by atoms with E-state index >= 15 is 0 Å². The largest absolute Gasteiger partial charge is 0.315 e. The molecule has 86 valence electrons. The number of nitrogens with zero attached hydrogens (tertiary/aromatic N) is 1. The number of halogens is 2. The molecule has 0 N–H and O–H groups in total. The van der Waals surface area contributed by atoms with E-state index in [1.54, 1.807) is 31.3 Å². The summed E-state index contributed by atoms with van der Waals surface area (Å²) in [5.41, 5.74) is 0.719. The lowest BCUT2D eigenvalue weighted by Gasteiger charge is -2.16. The predicted octanol–water partition coefficient (Wildman–Crippen LogP) is 2.66. The molecule has 5 heteroatoms. The van der Waals surface area contributed by atoms with Crippen LogP contribution in [0.1, 0.15) is 6.42 Å². The molecule has 0 fully saturated rings. The number of carbonyl (C=O) groups excluding carboxylic acids is 2. The maximum absolute atomic E-state index is 11.6. The molecule has 0 atom stereocenters. The highest BCUT2D eigenvalue weighted by atomic mass is 79.9. The highest BCUT2D eigenvalue weighted by Crippen LogP contribution is 2.17. The number of rotatable bonds is 4. The lowest BCUT2D eigenvalue weighted by molar-refractivity contribution is -0.125. The molecule has 0 spiro atoms. The van der Waals surface area contributed by atoms with Gasteiger partial charge in [-0.1, -0.05) is 27.5 Å². The number of alkyl halides is 1. The molecule has 0 unspecified atom stereocenters. The predicted molar refractivity (Wildman–Crippen MR) is 68.3 cm³/mol. The number of ketones is 1. The Balaban J connectivity index is 2.70. The van der Waals surface area contributed by atoms with Gasteiger partial charge in [0.25, 0.3) is 0 Å². The molecule has 0 saturated carbocycles. The second-order valence-corrected chi connectivity index (χ2v) is 4.28. The van der Waals surface area contributed by atoms with Gasteiger partial charge < -0.3 is 4.90 Å². The molecule has 0 aliphatic carbocycles. The molecule has 1 rings (SSSR count). The highest BCUT2D eigenvalue weighted by molar-refractivity contribution is 9.09. The lowest BCUT2D eigenvalue weighted by atomic mass is 10.2. The Morgan fingerprint density at radius 1 is 1.31 bits per heavy atom. The molecule has 3 nitrogen and oxygen atoms in total. The molecule has 0 bridgehead atoms. The second kappa shape index (κ2) is 6.01. The Morgan fingerprint density at radius 3 is 2.38 bits per heavy atom. The summed E-state index contributed by atoms with van der Waals surface area (Å²) in [5.74, 6) is -0.363. The summed E-state index contributed by atoms with van der Waals surface area (Å²) < 4.78 is 0. The minimum absolute atomic E-state index is 0.0929. The van der Waals surface area contributed by atoms with E-state index in [1.165, 1.54) is 4.90 Å². The summed E-state index contributed by atoms with van der Waals surface area (Å²) in [6, 6.07) is 6.87. The van der Waals surface area contributed by atoms with Crippen LogP contribution in [0.25, 0.3) is 0 Å². The Morgan fingerprint density at radius 2 is 1.88 bits per heavy atom. The van der Waals surface area contributed by atoms with Gasteiger partial charge in [-0.2, -0.15) is 0 Å². The first kappa shape index (κ1) is 13.2. The minimum atomic E-state index is -0.230. The van der Waals surface area contributed by atoms with Crippen molar-refractivity contribution in [1.29, 1.82) is 0 Å². The van der Waals surface area contributed by atoms with E-state index in [-0.39, 0.29) is 23.4 Å². The molecule has 0 aliphatic rings. The first-order valence-electron chi connectivity index (χ1n) is 4.64. The van der Waals surface area contributed by atoms with Gasteiger partial charge in [0, 0.05) is 17.8 Å². The quantitative estimate of drug-likeness (QED) is 0.633. The van der Waals surface area contributed by atoms with Gasteiger partial charge in [0.15, 0.2) is 5.78 Å². The number of hydrogen-bond donors (Lipinski definition) is 0. The third kappa shape index (κ3) is 3.61. The van der Waals surface area contributed by atoms with E-state index < -0.39 is 0 Å². The van der Waals surface area contributed by atoms with Gasteiger partial charge in [-0.15, -0.1) is 0 Å². The van der Waals surface area contributed by atoms with E-state index in [1.807, 2.05) is 0 Å². The minimum Gasteiger partial charge on any atom is -0.315 e. The molecule has 1 amide bonds. The van der Waals surface area contributed by atoms with Crippen LogP contribution in [0.2, 0.25) is 5.02 Å². The molecule has 1 aromatic rings. The number of benzene rings is 1. The molecule has 0 saturated heterocycles. The second-order valence-electron chi connectivity index (χ2n) is 3.28. The third-order valence-electron chi connectivity index (χ3n) is 2.09. The highest BCUT2D eigenvalue weighted by Gasteiger charge is 2.14. The fourth-order valence-corrected chi connectivity index (χ4v) is 1.47. The summed E-state index contributed by atoms with van der Waals surface area (Å²) in [5, 5.41) is 0.814. The monoisotopic (exact) mass is 303 g/mol. The Hall–Kier alpha value is -0.870. The number of Topliss-reactive ketones (excluding diaryl/α,β-unsaturated/α-hetero) is 1. The molecule has 0 radical (unpaired) electrons. The van der Waals surface area contributed by atoms with Crippen LogP contribution in [0.5, 0.6) is 0 Å². The Labute approximate surface area is 108 Å². The van der Waals surface area contributed by atoms with Crippen LogP contribution in [0.15, 0.2) is 24.3 Å². The number of amides is 1. The molecule has 0 aromatic heterocycles. The average Bonchev–Trinajstić information content (AvgIpc) is 2.28. The normalized spacial score (nSPS) is 9.94. The zero-order valence-electron chi connectivity index (χ0n) is 8.74. The molecular formula is C11H11BrClNO2. The van der Waals surface area contributed by atoms with E-state index in [0.29, 0.717) is 5.02 Å². The van der Waals surface area contributed by atoms with Gasteiger partial charge in [-0.3, -0.25) is 9.59 Å². The topological polar surface area (TPSA) is 37.4 Å². The van der Waals surface area contributed by atoms with Crippen LogP contribution in [-0.4, -0.2) is 24.1 Å². The van der Waals surface area contributed by atoms with Crippen molar-refractivity contribution in [3.05, 3.63) is 29.3 Å². The number of carbonyl (C=O) groups is 2. The molecule has 0 aliphatic heterocycles. The summed E-state index contributed by atoms with van der Waals surface area (Å²) in [6.07, 6.45) is -0.0929. The fourth-order valence-electron chi connectivity index (χ4n) is 1.14. The van der Waals surface area contributed by atoms with Crippen molar-refractivity contribution in [3.63, 3.8) is 0 Å². The van der Waals surface area contributed by atoms with Crippen molar-refractivity contribution in [1.82, 2.24) is 0 Å². The fraction of sp³-hybridized carbons (Fsp3) is 0.273. The number of hydrogen-bond acceptors (Lipinski definition) is 2. The van der Waals surface area contributed by atoms with Crippen LogP contribution >= 0.6 is 27.5 Å². The number of anilines is 1. The van der Waals surface area contributed by atoms with E-state index in [9.17, 15) is 9.59 Å². The zero-order chi connectivity index (χ0) is 12.1. The maximum atomic E-state index is 11.6.